The molecule has 1 atom stereocenters. The molecule has 98 valence electrons. The lowest BCUT2D eigenvalue weighted by Gasteiger charge is -2.13. The van der Waals surface area contributed by atoms with Crippen molar-refractivity contribution in [2.45, 2.75) is 17.9 Å². The normalized spacial score (nSPS) is 13.7. The Bertz CT molecular complexity index is 643. The third-order valence-electron chi connectivity index (χ3n) is 2.64. The number of aryl methyl sites for hydroxylation is 1. The van der Waals surface area contributed by atoms with E-state index < -0.39 is 9.84 Å². The predicted molar refractivity (Wildman–Crippen MR) is 71.6 cm³/mol. The maximum absolute atomic E-state index is 11.4. The van der Waals surface area contributed by atoms with Gasteiger partial charge in [0.2, 0.25) is 0 Å². The van der Waals surface area contributed by atoms with E-state index >= 15 is 0 Å². The number of thiophene rings is 1. The van der Waals surface area contributed by atoms with Crippen molar-refractivity contribution in [3.05, 3.63) is 34.3 Å². The predicted octanol–water partition coefficient (Wildman–Crippen LogP) is 1.20. The van der Waals surface area contributed by atoms with E-state index in [0.717, 1.165) is 4.88 Å². The fraction of sp³-hybridized carbons (Fsp3) is 0.364. The zero-order chi connectivity index (χ0) is 13.3. The van der Waals surface area contributed by atoms with Crippen molar-refractivity contribution in [3.8, 4) is 0 Å². The van der Waals surface area contributed by atoms with Gasteiger partial charge in [0.1, 0.15) is 4.90 Å². The molecule has 2 aromatic heterocycles. The molecule has 5 nitrogen and oxygen atoms in total. The van der Waals surface area contributed by atoms with Crippen molar-refractivity contribution in [2.24, 2.45) is 5.73 Å². The standard InChI is InChI=1S/C11H15N3O2S2/c1-8-3-4-11(17-8)10(5-12)14-7-9(6-13-14)18(2,15)16/h3-4,6-7,10H,5,12H2,1-2H3. The quantitative estimate of drug-likeness (QED) is 0.915. The Labute approximate surface area is 110 Å². The monoisotopic (exact) mass is 285 g/mol. The average molecular weight is 285 g/mol. The Hall–Kier alpha value is -1.18. The molecule has 0 aliphatic heterocycles. The smallest absolute Gasteiger partial charge is 0.178 e. The second-order valence-corrected chi connectivity index (χ2v) is 7.46. The summed E-state index contributed by atoms with van der Waals surface area (Å²) >= 11 is 1.64. The third kappa shape index (κ3) is 2.63. The summed E-state index contributed by atoms with van der Waals surface area (Å²) in [4.78, 5) is 2.49. The SMILES string of the molecule is Cc1ccc(C(CN)n2cc(S(C)(=O)=O)cn2)s1. The van der Waals surface area contributed by atoms with Crippen LogP contribution in [0.1, 0.15) is 15.8 Å². The van der Waals surface area contributed by atoms with Gasteiger partial charge in [-0.05, 0) is 19.1 Å². The van der Waals surface area contributed by atoms with Gasteiger partial charge < -0.3 is 5.73 Å². The number of sulfone groups is 1. The van der Waals surface area contributed by atoms with Crippen LogP contribution in [0, 0.1) is 6.92 Å². The fourth-order valence-electron chi connectivity index (χ4n) is 1.67. The van der Waals surface area contributed by atoms with Crippen LogP contribution in [0.3, 0.4) is 0 Å². The van der Waals surface area contributed by atoms with Crippen molar-refractivity contribution < 1.29 is 8.42 Å². The highest BCUT2D eigenvalue weighted by Crippen LogP contribution is 2.25. The van der Waals surface area contributed by atoms with E-state index in [4.69, 9.17) is 5.73 Å². The van der Waals surface area contributed by atoms with Crippen LogP contribution < -0.4 is 5.73 Å². The highest BCUT2D eigenvalue weighted by atomic mass is 32.2. The molecule has 0 bridgehead atoms. The summed E-state index contributed by atoms with van der Waals surface area (Å²) in [6, 6.07) is 3.90. The first-order valence-electron chi connectivity index (χ1n) is 5.42. The number of nitrogens with zero attached hydrogens (tertiary/aromatic N) is 2. The molecule has 2 heterocycles. The number of rotatable bonds is 4. The second-order valence-electron chi connectivity index (χ2n) is 4.13. The summed E-state index contributed by atoms with van der Waals surface area (Å²) in [5.41, 5.74) is 5.76. The molecule has 0 fully saturated rings. The lowest BCUT2D eigenvalue weighted by molar-refractivity contribution is 0.538. The van der Waals surface area contributed by atoms with Crippen molar-refractivity contribution in [3.63, 3.8) is 0 Å². The zero-order valence-corrected chi connectivity index (χ0v) is 11.8. The summed E-state index contributed by atoms with van der Waals surface area (Å²) in [7, 11) is -3.22. The molecule has 7 heteroatoms. The molecular formula is C11H15N3O2S2. The van der Waals surface area contributed by atoms with Crippen LogP contribution in [0.2, 0.25) is 0 Å². The molecule has 0 aliphatic rings. The first kappa shape index (κ1) is 13.3. The Morgan fingerprint density at radius 2 is 2.22 bits per heavy atom. The molecule has 1 unspecified atom stereocenters. The van der Waals surface area contributed by atoms with Gasteiger partial charge in [0.15, 0.2) is 9.84 Å². The summed E-state index contributed by atoms with van der Waals surface area (Å²) in [5, 5.41) is 4.10. The van der Waals surface area contributed by atoms with E-state index in [1.165, 1.54) is 23.5 Å². The zero-order valence-electron chi connectivity index (χ0n) is 10.2. The Morgan fingerprint density at radius 3 is 2.67 bits per heavy atom. The maximum atomic E-state index is 11.4. The van der Waals surface area contributed by atoms with Crippen LogP contribution >= 0.6 is 11.3 Å². The highest BCUT2D eigenvalue weighted by molar-refractivity contribution is 7.90. The molecule has 0 aliphatic carbocycles. The van der Waals surface area contributed by atoms with Crippen LogP contribution in [0.15, 0.2) is 29.4 Å². The van der Waals surface area contributed by atoms with Gasteiger partial charge in [-0.2, -0.15) is 5.10 Å². The topological polar surface area (TPSA) is 78.0 Å². The minimum Gasteiger partial charge on any atom is -0.328 e. The number of hydrogen-bond acceptors (Lipinski definition) is 5. The molecule has 0 saturated heterocycles. The van der Waals surface area contributed by atoms with Crippen molar-refractivity contribution in [1.82, 2.24) is 9.78 Å². The first-order valence-corrected chi connectivity index (χ1v) is 8.13. The Balaban J connectivity index is 2.37. The van der Waals surface area contributed by atoms with Crippen molar-refractivity contribution in [2.75, 3.05) is 12.8 Å². The number of hydrogen-bond donors (Lipinski definition) is 1. The van der Waals surface area contributed by atoms with E-state index in [2.05, 4.69) is 5.10 Å². The summed E-state index contributed by atoms with van der Waals surface area (Å²) in [6.45, 7) is 2.40. The molecule has 18 heavy (non-hydrogen) atoms. The van der Waals surface area contributed by atoms with E-state index in [0.29, 0.717) is 6.54 Å². The van der Waals surface area contributed by atoms with Gasteiger partial charge in [-0.1, -0.05) is 0 Å². The number of nitrogens with two attached hydrogens (primary N) is 1. The Kier molecular flexibility index (Phi) is 3.56. The minimum atomic E-state index is -3.22. The maximum Gasteiger partial charge on any atom is 0.178 e. The van der Waals surface area contributed by atoms with Gasteiger partial charge in [-0.25, -0.2) is 8.42 Å². The van der Waals surface area contributed by atoms with Crippen molar-refractivity contribution >= 4 is 21.2 Å². The third-order valence-corrected chi connectivity index (χ3v) is 4.81. The van der Waals surface area contributed by atoms with Gasteiger partial charge in [-0.3, -0.25) is 4.68 Å². The van der Waals surface area contributed by atoms with Gasteiger partial charge in [-0.15, -0.1) is 11.3 Å². The highest BCUT2D eigenvalue weighted by Gasteiger charge is 2.17. The largest absolute Gasteiger partial charge is 0.328 e. The molecule has 2 N–H and O–H groups in total. The minimum absolute atomic E-state index is 0.112. The lowest BCUT2D eigenvalue weighted by Crippen LogP contribution is -2.19. The average Bonchev–Trinajstić information content (AvgIpc) is 2.88. The van der Waals surface area contributed by atoms with Crippen LogP contribution in [-0.2, 0) is 9.84 Å². The van der Waals surface area contributed by atoms with E-state index in [9.17, 15) is 8.42 Å². The van der Waals surface area contributed by atoms with Crippen LogP contribution in [-0.4, -0.2) is 31.0 Å². The molecule has 0 aromatic carbocycles. The van der Waals surface area contributed by atoms with Crippen molar-refractivity contribution in [1.29, 1.82) is 0 Å². The Morgan fingerprint density at radius 1 is 1.50 bits per heavy atom. The van der Waals surface area contributed by atoms with Gasteiger partial charge >= 0.3 is 0 Å². The molecular weight excluding hydrogens is 270 g/mol. The molecule has 2 rings (SSSR count). The van der Waals surface area contributed by atoms with Crippen LogP contribution in [0.4, 0.5) is 0 Å². The summed E-state index contributed by atoms with van der Waals surface area (Å²) < 4.78 is 24.4. The molecule has 0 radical (unpaired) electrons. The summed E-state index contributed by atoms with van der Waals surface area (Å²) in [5.74, 6) is 0. The van der Waals surface area contributed by atoms with E-state index in [1.54, 1.807) is 16.0 Å². The lowest BCUT2D eigenvalue weighted by atomic mass is 10.2. The van der Waals surface area contributed by atoms with Gasteiger partial charge in [0.05, 0.1) is 12.2 Å². The molecule has 2 aromatic rings. The van der Waals surface area contributed by atoms with E-state index in [1.807, 2.05) is 19.1 Å². The van der Waals surface area contributed by atoms with E-state index in [-0.39, 0.29) is 10.9 Å². The fourth-order valence-corrected chi connectivity index (χ4v) is 3.19. The summed E-state index contributed by atoms with van der Waals surface area (Å²) in [6.07, 6.45) is 4.06. The van der Waals surface area contributed by atoms with Gasteiger partial charge in [0.25, 0.3) is 0 Å². The van der Waals surface area contributed by atoms with Gasteiger partial charge in [0, 0.05) is 28.8 Å². The van der Waals surface area contributed by atoms with Crippen LogP contribution in [0.5, 0.6) is 0 Å². The molecule has 0 spiro atoms. The molecule has 0 saturated carbocycles. The molecule has 0 amide bonds. The first-order chi connectivity index (χ1) is 8.41. The second kappa shape index (κ2) is 4.83. The number of aromatic nitrogens is 2. The van der Waals surface area contributed by atoms with Crippen LogP contribution in [0.25, 0.3) is 0 Å².